The third-order valence-electron chi connectivity index (χ3n) is 1.69. The fraction of sp³-hybridized carbons (Fsp3) is 0.556. The maximum absolute atomic E-state index is 9.78. The Morgan fingerprint density at radius 1 is 1.69 bits per heavy atom. The zero-order valence-electron chi connectivity index (χ0n) is 7.50. The van der Waals surface area contributed by atoms with Gasteiger partial charge in [0.15, 0.2) is 0 Å². The molecule has 0 spiro atoms. The van der Waals surface area contributed by atoms with Gasteiger partial charge in [-0.1, -0.05) is 6.92 Å². The van der Waals surface area contributed by atoms with E-state index in [9.17, 15) is 5.11 Å². The number of thiophene rings is 1. The van der Waals surface area contributed by atoms with E-state index in [1.807, 2.05) is 23.2 Å². The van der Waals surface area contributed by atoms with Crippen LogP contribution in [0.3, 0.4) is 0 Å². The molecule has 0 aliphatic rings. The number of halogens is 1. The third-order valence-corrected chi connectivity index (χ3v) is 4.59. The predicted molar refractivity (Wildman–Crippen MR) is 64.6 cm³/mol. The molecule has 1 aromatic heterocycles. The lowest BCUT2D eigenvalue weighted by atomic mass is 10.2. The molecule has 4 heteroatoms. The van der Waals surface area contributed by atoms with Crippen LogP contribution in [-0.2, 0) is 0 Å². The highest BCUT2D eigenvalue weighted by Gasteiger charge is 2.11. The average Bonchev–Trinajstić information content (AvgIpc) is 2.52. The Hall–Kier alpha value is 0.490. The van der Waals surface area contributed by atoms with E-state index in [2.05, 4.69) is 22.9 Å². The fourth-order valence-electron chi connectivity index (χ4n) is 1.01. The van der Waals surface area contributed by atoms with E-state index in [1.165, 1.54) is 0 Å². The first-order valence-corrected chi connectivity index (χ1v) is 7.07. The summed E-state index contributed by atoms with van der Waals surface area (Å²) >= 11 is 6.90. The molecule has 1 atom stereocenters. The lowest BCUT2D eigenvalue weighted by Crippen LogP contribution is -1.97. The summed E-state index contributed by atoms with van der Waals surface area (Å²) in [6, 6.07) is 1.98. The number of hydrogen-bond acceptors (Lipinski definition) is 3. The van der Waals surface area contributed by atoms with E-state index in [4.69, 9.17) is 0 Å². The normalized spacial score (nSPS) is 13.2. The van der Waals surface area contributed by atoms with Crippen LogP contribution in [0.25, 0.3) is 0 Å². The highest BCUT2D eigenvalue weighted by molar-refractivity contribution is 9.10. The van der Waals surface area contributed by atoms with E-state index >= 15 is 0 Å². The second kappa shape index (κ2) is 6.06. The summed E-state index contributed by atoms with van der Waals surface area (Å²) in [5.74, 6) is 2.15. The molecule has 1 aromatic rings. The smallest absolute Gasteiger partial charge is 0.0901 e. The van der Waals surface area contributed by atoms with Gasteiger partial charge in [-0.15, -0.1) is 11.3 Å². The van der Waals surface area contributed by atoms with Gasteiger partial charge in [0, 0.05) is 9.35 Å². The van der Waals surface area contributed by atoms with Crippen molar-refractivity contribution in [2.75, 3.05) is 11.5 Å². The first-order chi connectivity index (χ1) is 6.25. The Kier molecular flexibility index (Phi) is 5.39. The van der Waals surface area contributed by atoms with Crippen LogP contribution in [-0.4, -0.2) is 16.6 Å². The van der Waals surface area contributed by atoms with Crippen molar-refractivity contribution in [3.63, 3.8) is 0 Å². The van der Waals surface area contributed by atoms with E-state index < -0.39 is 0 Å². The number of rotatable bonds is 5. The van der Waals surface area contributed by atoms with Gasteiger partial charge in [0.1, 0.15) is 0 Å². The minimum absolute atomic E-state index is 0.298. The molecule has 74 valence electrons. The van der Waals surface area contributed by atoms with Crippen LogP contribution in [0, 0.1) is 0 Å². The van der Waals surface area contributed by atoms with Gasteiger partial charge >= 0.3 is 0 Å². The third kappa shape index (κ3) is 3.62. The Labute approximate surface area is 95.7 Å². The van der Waals surface area contributed by atoms with Crippen molar-refractivity contribution in [3.8, 4) is 0 Å². The summed E-state index contributed by atoms with van der Waals surface area (Å²) in [5, 5.41) is 11.8. The summed E-state index contributed by atoms with van der Waals surface area (Å²) in [5.41, 5.74) is 0. The van der Waals surface area contributed by atoms with Gasteiger partial charge in [0.25, 0.3) is 0 Å². The Morgan fingerprint density at radius 3 is 3.00 bits per heavy atom. The molecule has 13 heavy (non-hydrogen) atoms. The highest BCUT2D eigenvalue weighted by atomic mass is 79.9. The molecule has 0 aliphatic heterocycles. The van der Waals surface area contributed by atoms with E-state index in [0.717, 1.165) is 27.3 Å². The SMILES string of the molecule is CCSCCC(O)c1sccc1Br. The van der Waals surface area contributed by atoms with Crippen LogP contribution in [0.15, 0.2) is 15.9 Å². The topological polar surface area (TPSA) is 20.2 Å². The number of aliphatic hydroxyl groups is 1. The van der Waals surface area contributed by atoms with Crippen LogP contribution in [0.2, 0.25) is 0 Å². The molecule has 0 fully saturated rings. The molecule has 1 nitrogen and oxygen atoms in total. The van der Waals surface area contributed by atoms with Crippen molar-refractivity contribution in [3.05, 3.63) is 20.8 Å². The van der Waals surface area contributed by atoms with Gasteiger partial charge < -0.3 is 5.11 Å². The molecule has 0 aliphatic carbocycles. The van der Waals surface area contributed by atoms with Crippen LogP contribution in [0.1, 0.15) is 24.3 Å². The first kappa shape index (κ1) is 11.6. The molecule has 0 saturated carbocycles. The number of thioether (sulfide) groups is 1. The average molecular weight is 281 g/mol. The highest BCUT2D eigenvalue weighted by Crippen LogP contribution is 2.31. The van der Waals surface area contributed by atoms with Crippen molar-refractivity contribution < 1.29 is 5.11 Å². The molecule has 1 heterocycles. The van der Waals surface area contributed by atoms with Crippen LogP contribution < -0.4 is 0 Å². The minimum atomic E-state index is -0.298. The lowest BCUT2D eigenvalue weighted by Gasteiger charge is -2.08. The molecule has 0 bridgehead atoms. The van der Waals surface area contributed by atoms with Gasteiger partial charge in [-0.2, -0.15) is 11.8 Å². The summed E-state index contributed by atoms with van der Waals surface area (Å²) < 4.78 is 1.03. The van der Waals surface area contributed by atoms with Crippen molar-refractivity contribution in [2.45, 2.75) is 19.4 Å². The molecule has 0 amide bonds. The van der Waals surface area contributed by atoms with Crippen molar-refractivity contribution >= 4 is 39.0 Å². The zero-order valence-corrected chi connectivity index (χ0v) is 10.7. The second-order valence-electron chi connectivity index (χ2n) is 2.63. The molecular weight excluding hydrogens is 268 g/mol. The maximum Gasteiger partial charge on any atom is 0.0901 e. The van der Waals surface area contributed by atoms with Crippen LogP contribution in [0.4, 0.5) is 0 Å². The van der Waals surface area contributed by atoms with E-state index in [0.29, 0.717) is 0 Å². The summed E-state index contributed by atoms with van der Waals surface area (Å²) in [7, 11) is 0. The maximum atomic E-state index is 9.78. The summed E-state index contributed by atoms with van der Waals surface area (Å²) in [6.45, 7) is 2.14. The van der Waals surface area contributed by atoms with Gasteiger partial charge in [-0.25, -0.2) is 0 Å². The standard InChI is InChI=1S/C9H13BrOS2/c1-2-12-5-4-8(11)9-7(10)3-6-13-9/h3,6,8,11H,2,4-5H2,1H3. The van der Waals surface area contributed by atoms with Crippen molar-refractivity contribution in [1.29, 1.82) is 0 Å². The molecule has 0 radical (unpaired) electrons. The Morgan fingerprint density at radius 2 is 2.46 bits per heavy atom. The molecule has 0 aromatic carbocycles. The number of aliphatic hydroxyl groups excluding tert-OH is 1. The largest absolute Gasteiger partial charge is 0.388 e. The minimum Gasteiger partial charge on any atom is -0.388 e. The van der Waals surface area contributed by atoms with Gasteiger partial charge in [-0.3, -0.25) is 0 Å². The van der Waals surface area contributed by atoms with Gasteiger partial charge in [-0.05, 0) is 45.3 Å². The zero-order chi connectivity index (χ0) is 9.68. The van der Waals surface area contributed by atoms with E-state index in [1.54, 1.807) is 11.3 Å². The molecule has 1 unspecified atom stereocenters. The molecule has 0 saturated heterocycles. The van der Waals surface area contributed by atoms with Crippen molar-refractivity contribution in [1.82, 2.24) is 0 Å². The second-order valence-corrected chi connectivity index (χ2v) is 5.83. The van der Waals surface area contributed by atoms with Crippen molar-refractivity contribution in [2.24, 2.45) is 0 Å². The monoisotopic (exact) mass is 280 g/mol. The molecule has 1 N–H and O–H groups in total. The fourth-order valence-corrected chi connectivity index (χ4v) is 3.35. The summed E-state index contributed by atoms with van der Waals surface area (Å²) in [4.78, 5) is 1.05. The summed E-state index contributed by atoms with van der Waals surface area (Å²) in [6.07, 6.45) is 0.547. The van der Waals surface area contributed by atoms with Gasteiger partial charge in [0.05, 0.1) is 6.10 Å². The Bertz CT molecular complexity index is 250. The van der Waals surface area contributed by atoms with E-state index in [-0.39, 0.29) is 6.10 Å². The first-order valence-electron chi connectivity index (χ1n) is 4.24. The Balaban J connectivity index is 2.39. The van der Waals surface area contributed by atoms with Crippen LogP contribution in [0.5, 0.6) is 0 Å². The predicted octanol–water partition coefficient (Wildman–Crippen LogP) is 3.69. The molecule has 1 rings (SSSR count). The lowest BCUT2D eigenvalue weighted by molar-refractivity contribution is 0.178. The van der Waals surface area contributed by atoms with Gasteiger partial charge in [0.2, 0.25) is 0 Å². The quantitative estimate of drug-likeness (QED) is 0.831. The van der Waals surface area contributed by atoms with Crippen LogP contribution >= 0.6 is 39.0 Å². The molecular formula is C9H13BrOS2. The number of hydrogen-bond donors (Lipinski definition) is 1.